The number of carbonyl (C=O) groups excluding carboxylic acids is 2. The first kappa shape index (κ1) is 13.1. The van der Waals surface area contributed by atoms with E-state index in [1.807, 2.05) is 0 Å². The maximum atomic E-state index is 11.7. The number of carbonyl (C=O) groups is 3. The highest BCUT2D eigenvalue weighted by Crippen LogP contribution is 2.26. The van der Waals surface area contributed by atoms with Gasteiger partial charge in [-0.05, 0) is 24.3 Å². The van der Waals surface area contributed by atoms with E-state index < -0.39 is 11.9 Å². The van der Waals surface area contributed by atoms with Gasteiger partial charge in [-0.15, -0.1) is 0 Å². The monoisotopic (exact) mass is 262 g/mol. The maximum absolute atomic E-state index is 11.7. The topological polar surface area (TPSA) is 86.7 Å². The first-order valence-corrected chi connectivity index (χ1v) is 5.88. The molecule has 0 saturated carbocycles. The van der Waals surface area contributed by atoms with E-state index in [9.17, 15) is 14.4 Å². The van der Waals surface area contributed by atoms with Crippen LogP contribution in [0.3, 0.4) is 0 Å². The molecule has 6 nitrogen and oxygen atoms in total. The molecule has 2 N–H and O–H groups in total. The molecule has 1 saturated heterocycles. The lowest BCUT2D eigenvalue weighted by molar-refractivity contribution is -0.141. The van der Waals surface area contributed by atoms with Crippen LogP contribution in [0.25, 0.3) is 0 Å². The minimum Gasteiger partial charge on any atom is -0.481 e. The van der Waals surface area contributed by atoms with Crippen LogP contribution in [0.2, 0.25) is 0 Å². The molecule has 0 unspecified atom stereocenters. The fraction of sp³-hybridized carbons (Fsp3) is 0.308. The van der Waals surface area contributed by atoms with E-state index in [2.05, 4.69) is 5.32 Å². The average Bonchev–Trinajstić information content (AvgIpc) is 2.72. The van der Waals surface area contributed by atoms with E-state index in [0.717, 1.165) is 0 Å². The van der Waals surface area contributed by atoms with Gasteiger partial charge in [-0.3, -0.25) is 14.4 Å². The number of hydrogen-bond donors (Lipinski definition) is 2. The van der Waals surface area contributed by atoms with Gasteiger partial charge in [0.25, 0.3) is 0 Å². The summed E-state index contributed by atoms with van der Waals surface area (Å²) >= 11 is 0. The standard InChI is InChI=1S/C13H14N2O4/c1-8(16)14-10-2-4-11(5-3-10)15-7-9(13(18)19)6-12(15)17/h2-5,9H,6-7H2,1H3,(H,14,16)(H,18,19)/t9-/m1/s1. The molecule has 1 aromatic rings. The van der Waals surface area contributed by atoms with Crippen molar-refractivity contribution in [2.75, 3.05) is 16.8 Å². The summed E-state index contributed by atoms with van der Waals surface area (Å²) in [6.45, 7) is 1.60. The SMILES string of the molecule is CC(=O)Nc1ccc(N2C[C@H](C(=O)O)CC2=O)cc1. The van der Waals surface area contributed by atoms with Crippen molar-refractivity contribution in [2.45, 2.75) is 13.3 Å². The van der Waals surface area contributed by atoms with E-state index >= 15 is 0 Å². The van der Waals surface area contributed by atoms with Gasteiger partial charge in [-0.2, -0.15) is 0 Å². The van der Waals surface area contributed by atoms with Gasteiger partial charge >= 0.3 is 5.97 Å². The third kappa shape index (κ3) is 2.90. The predicted molar refractivity (Wildman–Crippen MR) is 68.8 cm³/mol. The first-order chi connectivity index (χ1) is 8.97. The van der Waals surface area contributed by atoms with E-state index in [4.69, 9.17) is 5.11 Å². The number of carboxylic acids is 1. The molecular weight excluding hydrogens is 248 g/mol. The van der Waals surface area contributed by atoms with Crippen molar-refractivity contribution in [1.29, 1.82) is 0 Å². The zero-order valence-corrected chi connectivity index (χ0v) is 10.4. The second-order valence-electron chi connectivity index (χ2n) is 4.47. The molecule has 0 aromatic heterocycles. The van der Waals surface area contributed by atoms with Gasteiger partial charge < -0.3 is 15.3 Å². The van der Waals surface area contributed by atoms with Crippen molar-refractivity contribution in [3.63, 3.8) is 0 Å². The van der Waals surface area contributed by atoms with Gasteiger partial charge in [0.15, 0.2) is 0 Å². The molecule has 1 aliphatic heterocycles. The zero-order valence-electron chi connectivity index (χ0n) is 10.4. The van der Waals surface area contributed by atoms with Crippen LogP contribution in [0.4, 0.5) is 11.4 Å². The number of nitrogens with one attached hydrogen (secondary N) is 1. The van der Waals surface area contributed by atoms with Crippen LogP contribution in [0, 0.1) is 5.92 Å². The molecule has 0 bridgehead atoms. The summed E-state index contributed by atoms with van der Waals surface area (Å²) in [6.07, 6.45) is 0.0305. The molecule has 2 amide bonds. The van der Waals surface area contributed by atoms with Gasteiger partial charge in [0, 0.05) is 31.3 Å². The summed E-state index contributed by atoms with van der Waals surface area (Å²) < 4.78 is 0. The normalized spacial score (nSPS) is 18.5. The van der Waals surface area contributed by atoms with Crippen molar-refractivity contribution in [1.82, 2.24) is 0 Å². The third-order valence-corrected chi connectivity index (χ3v) is 2.97. The van der Waals surface area contributed by atoms with Crippen molar-refractivity contribution in [3.05, 3.63) is 24.3 Å². The van der Waals surface area contributed by atoms with Crippen LogP contribution in [0.1, 0.15) is 13.3 Å². The van der Waals surface area contributed by atoms with Crippen LogP contribution in [-0.4, -0.2) is 29.4 Å². The Kier molecular flexibility index (Phi) is 3.50. The van der Waals surface area contributed by atoms with Crippen LogP contribution in [-0.2, 0) is 14.4 Å². The van der Waals surface area contributed by atoms with Crippen molar-refractivity contribution < 1.29 is 19.5 Å². The largest absolute Gasteiger partial charge is 0.481 e. The molecule has 0 spiro atoms. The summed E-state index contributed by atoms with van der Waals surface area (Å²) in [7, 11) is 0. The average molecular weight is 262 g/mol. The number of benzene rings is 1. The smallest absolute Gasteiger partial charge is 0.308 e. The molecule has 1 atom stereocenters. The van der Waals surface area contributed by atoms with Crippen LogP contribution < -0.4 is 10.2 Å². The minimum atomic E-state index is -0.953. The quantitative estimate of drug-likeness (QED) is 0.853. The Morgan fingerprint density at radius 1 is 1.32 bits per heavy atom. The highest BCUT2D eigenvalue weighted by atomic mass is 16.4. The van der Waals surface area contributed by atoms with E-state index in [0.29, 0.717) is 11.4 Å². The van der Waals surface area contributed by atoms with Crippen LogP contribution in [0.5, 0.6) is 0 Å². The summed E-state index contributed by atoms with van der Waals surface area (Å²) in [5, 5.41) is 11.5. The second kappa shape index (κ2) is 5.09. The van der Waals surface area contributed by atoms with Gasteiger partial charge in [0.2, 0.25) is 11.8 Å². The number of carboxylic acid groups (broad SMARTS) is 1. The van der Waals surface area contributed by atoms with Gasteiger partial charge in [-0.1, -0.05) is 0 Å². The lowest BCUT2D eigenvalue weighted by Crippen LogP contribution is -2.25. The van der Waals surface area contributed by atoms with Crippen LogP contribution in [0.15, 0.2) is 24.3 Å². The molecule has 100 valence electrons. The fourth-order valence-electron chi connectivity index (χ4n) is 2.05. The Balaban J connectivity index is 2.12. The minimum absolute atomic E-state index is 0.0305. The molecule has 2 rings (SSSR count). The molecule has 0 aliphatic carbocycles. The molecule has 19 heavy (non-hydrogen) atoms. The van der Waals surface area contributed by atoms with Crippen molar-refractivity contribution in [3.8, 4) is 0 Å². The number of nitrogens with zero attached hydrogens (tertiary/aromatic N) is 1. The molecule has 1 heterocycles. The van der Waals surface area contributed by atoms with Gasteiger partial charge in [0.1, 0.15) is 0 Å². The number of amides is 2. The number of hydrogen-bond acceptors (Lipinski definition) is 3. The number of anilines is 2. The maximum Gasteiger partial charge on any atom is 0.308 e. The molecule has 0 radical (unpaired) electrons. The molecule has 6 heteroatoms. The van der Waals surface area contributed by atoms with Crippen molar-refractivity contribution >= 4 is 29.2 Å². The summed E-state index contributed by atoms with van der Waals surface area (Å²) in [5.41, 5.74) is 1.28. The number of aliphatic carboxylic acids is 1. The van der Waals surface area contributed by atoms with Gasteiger partial charge in [-0.25, -0.2) is 0 Å². The Morgan fingerprint density at radius 3 is 2.42 bits per heavy atom. The summed E-state index contributed by atoms with van der Waals surface area (Å²) in [5.74, 6) is -1.97. The number of rotatable bonds is 3. The molecule has 1 fully saturated rings. The molecule has 1 aliphatic rings. The lowest BCUT2D eigenvalue weighted by atomic mass is 10.1. The lowest BCUT2D eigenvalue weighted by Gasteiger charge is -2.16. The van der Waals surface area contributed by atoms with E-state index in [1.54, 1.807) is 24.3 Å². The van der Waals surface area contributed by atoms with E-state index in [1.165, 1.54) is 11.8 Å². The molecular formula is C13H14N2O4. The zero-order chi connectivity index (χ0) is 14.0. The fourth-order valence-corrected chi connectivity index (χ4v) is 2.05. The van der Waals surface area contributed by atoms with Crippen LogP contribution >= 0.6 is 0 Å². The highest BCUT2D eigenvalue weighted by Gasteiger charge is 2.34. The summed E-state index contributed by atoms with van der Waals surface area (Å²) in [4.78, 5) is 35.0. The van der Waals surface area contributed by atoms with Crippen molar-refractivity contribution in [2.24, 2.45) is 5.92 Å². The summed E-state index contributed by atoms with van der Waals surface area (Å²) in [6, 6.07) is 6.73. The Morgan fingerprint density at radius 2 is 1.95 bits per heavy atom. The predicted octanol–water partition coefficient (Wildman–Crippen LogP) is 1.08. The first-order valence-electron chi connectivity index (χ1n) is 5.88. The molecule has 1 aromatic carbocycles. The second-order valence-corrected chi connectivity index (χ2v) is 4.47. The highest BCUT2D eigenvalue weighted by molar-refractivity contribution is 5.99. The van der Waals surface area contributed by atoms with Gasteiger partial charge in [0.05, 0.1) is 5.92 Å². The Labute approximate surface area is 110 Å². The Bertz CT molecular complexity index is 524. The Hall–Kier alpha value is -2.37. The van der Waals surface area contributed by atoms with E-state index in [-0.39, 0.29) is 24.8 Å². The third-order valence-electron chi connectivity index (χ3n) is 2.97.